The highest BCUT2D eigenvalue weighted by Crippen LogP contribution is 2.21. The van der Waals surface area contributed by atoms with Gasteiger partial charge in [-0.3, -0.25) is 4.79 Å². The van der Waals surface area contributed by atoms with Gasteiger partial charge in [-0.25, -0.2) is 14.5 Å². The standard InChI is InChI=1S/C14H14ClN3O4/c15-10-1-3-11(4-2-10)16-13(20)17-5-9(6-17)7-18-12(19)8-22-14(18)21/h1-4,9H,5-8H2,(H,16,20). The van der Waals surface area contributed by atoms with Gasteiger partial charge in [0, 0.05) is 36.3 Å². The van der Waals surface area contributed by atoms with Gasteiger partial charge in [0.25, 0.3) is 5.91 Å². The number of nitrogens with zero attached hydrogens (tertiary/aromatic N) is 2. The normalized spacial score (nSPS) is 18.2. The van der Waals surface area contributed by atoms with Gasteiger partial charge in [0.2, 0.25) is 0 Å². The number of hydrogen-bond donors (Lipinski definition) is 1. The van der Waals surface area contributed by atoms with E-state index < -0.39 is 6.09 Å². The van der Waals surface area contributed by atoms with Gasteiger partial charge in [-0.1, -0.05) is 11.6 Å². The molecule has 2 fully saturated rings. The van der Waals surface area contributed by atoms with Crippen LogP contribution in [0.1, 0.15) is 0 Å². The van der Waals surface area contributed by atoms with Gasteiger partial charge in [0.05, 0.1) is 0 Å². The summed E-state index contributed by atoms with van der Waals surface area (Å²) in [5.74, 6) is -0.236. The molecular weight excluding hydrogens is 310 g/mol. The van der Waals surface area contributed by atoms with Gasteiger partial charge in [0.1, 0.15) is 0 Å². The highest BCUT2D eigenvalue weighted by Gasteiger charge is 2.38. The molecule has 1 aromatic rings. The topological polar surface area (TPSA) is 79.0 Å². The zero-order chi connectivity index (χ0) is 15.7. The van der Waals surface area contributed by atoms with Gasteiger partial charge < -0.3 is 15.0 Å². The van der Waals surface area contributed by atoms with Crippen LogP contribution in [0.15, 0.2) is 24.3 Å². The molecule has 0 atom stereocenters. The van der Waals surface area contributed by atoms with Crippen LogP contribution in [0.4, 0.5) is 15.3 Å². The molecule has 3 rings (SSSR count). The third-order valence-corrected chi connectivity index (χ3v) is 3.87. The predicted molar refractivity (Wildman–Crippen MR) is 78.6 cm³/mol. The Kier molecular flexibility index (Phi) is 3.89. The Balaban J connectivity index is 1.46. The fraction of sp³-hybridized carbons (Fsp3) is 0.357. The molecule has 0 saturated carbocycles. The van der Waals surface area contributed by atoms with E-state index in [0.717, 1.165) is 4.90 Å². The second-order valence-corrected chi connectivity index (χ2v) is 5.70. The molecule has 116 valence electrons. The maximum Gasteiger partial charge on any atom is 0.417 e. The number of rotatable bonds is 3. The van der Waals surface area contributed by atoms with E-state index in [0.29, 0.717) is 30.3 Å². The molecule has 1 N–H and O–H groups in total. The van der Waals surface area contributed by atoms with Crippen molar-refractivity contribution < 1.29 is 19.1 Å². The Labute approximate surface area is 131 Å². The molecule has 1 aromatic carbocycles. The highest BCUT2D eigenvalue weighted by molar-refractivity contribution is 6.30. The fourth-order valence-corrected chi connectivity index (χ4v) is 2.53. The Hall–Kier alpha value is -2.28. The van der Waals surface area contributed by atoms with Crippen LogP contribution in [-0.2, 0) is 9.53 Å². The van der Waals surface area contributed by atoms with Crippen molar-refractivity contribution in [2.75, 3.05) is 31.6 Å². The number of benzene rings is 1. The number of hydrogen-bond acceptors (Lipinski definition) is 4. The SMILES string of the molecule is O=C(Nc1ccc(Cl)cc1)N1CC(CN2C(=O)COC2=O)C1. The maximum atomic E-state index is 12.0. The number of halogens is 1. The van der Waals surface area contributed by atoms with Gasteiger partial charge >= 0.3 is 12.1 Å². The van der Waals surface area contributed by atoms with Crippen LogP contribution in [0.3, 0.4) is 0 Å². The number of likely N-dealkylation sites (tertiary alicyclic amines) is 1. The van der Waals surface area contributed by atoms with Crippen LogP contribution >= 0.6 is 11.6 Å². The molecule has 0 unspecified atom stereocenters. The van der Waals surface area contributed by atoms with E-state index in [1.54, 1.807) is 29.2 Å². The summed E-state index contributed by atoms with van der Waals surface area (Å²) in [6.07, 6.45) is -0.603. The zero-order valence-electron chi connectivity index (χ0n) is 11.6. The first-order valence-corrected chi connectivity index (χ1v) is 7.19. The third kappa shape index (κ3) is 2.99. The first-order chi connectivity index (χ1) is 10.5. The minimum Gasteiger partial charge on any atom is -0.439 e. The summed E-state index contributed by atoms with van der Waals surface area (Å²) in [6, 6.07) is 6.61. The molecule has 8 heteroatoms. The molecule has 0 bridgehead atoms. The number of ether oxygens (including phenoxy) is 1. The Morgan fingerprint density at radius 1 is 1.27 bits per heavy atom. The number of urea groups is 1. The fourth-order valence-electron chi connectivity index (χ4n) is 2.40. The summed E-state index contributed by atoms with van der Waals surface area (Å²) in [6.45, 7) is 1.10. The van der Waals surface area contributed by atoms with Gasteiger partial charge in [-0.05, 0) is 24.3 Å². The molecule has 2 heterocycles. The molecule has 2 aliphatic rings. The highest BCUT2D eigenvalue weighted by atomic mass is 35.5. The van der Waals surface area contributed by atoms with Gasteiger partial charge in [-0.15, -0.1) is 0 Å². The van der Waals surface area contributed by atoms with Crippen LogP contribution < -0.4 is 5.32 Å². The Bertz CT molecular complexity index is 597. The molecule has 7 nitrogen and oxygen atoms in total. The number of amides is 4. The summed E-state index contributed by atoms with van der Waals surface area (Å²) in [7, 11) is 0. The first kappa shape index (κ1) is 14.6. The van der Waals surface area contributed by atoms with Crippen molar-refractivity contribution in [2.24, 2.45) is 5.92 Å². The van der Waals surface area contributed by atoms with E-state index in [4.69, 9.17) is 11.6 Å². The van der Waals surface area contributed by atoms with Gasteiger partial charge in [0.15, 0.2) is 6.61 Å². The van der Waals surface area contributed by atoms with Crippen LogP contribution in [0.25, 0.3) is 0 Å². The van der Waals surface area contributed by atoms with Crippen molar-refractivity contribution in [3.05, 3.63) is 29.3 Å². The van der Waals surface area contributed by atoms with E-state index in [1.807, 2.05) is 0 Å². The number of nitrogens with one attached hydrogen (secondary N) is 1. The lowest BCUT2D eigenvalue weighted by Gasteiger charge is -2.40. The zero-order valence-corrected chi connectivity index (χ0v) is 12.4. The van der Waals surface area contributed by atoms with E-state index >= 15 is 0 Å². The van der Waals surface area contributed by atoms with E-state index in [-0.39, 0.29) is 24.5 Å². The van der Waals surface area contributed by atoms with Crippen LogP contribution in [-0.4, -0.2) is 54.1 Å². The van der Waals surface area contributed by atoms with Crippen LogP contribution in [0.2, 0.25) is 5.02 Å². The second-order valence-electron chi connectivity index (χ2n) is 5.27. The molecular formula is C14H14ClN3O4. The van der Waals surface area contributed by atoms with Crippen molar-refractivity contribution in [3.8, 4) is 0 Å². The summed E-state index contributed by atoms with van der Waals surface area (Å²) < 4.78 is 4.64. The second kappa shape index (κ2) is 5.84. The monoisotopic (exact) mass is 323 g/mol. The van der Waals surface area contributed by atoms with Crippen molar-refractivity contribution in [1.82, 2.24) is 9.80 Å². The van der Waals surface area contributed by atoms with Crippen LogP contribution in [0.5, 0.6) is 0 Å². The molecule has 0 spiro atoms. The molecule has 2 aliphatic heterocycles. The van der Waals surface area contributed by atoms with Gasteiger partial charge in [-0.2, -0.15) is 0 Å². The third-order valence-electron chi connectivity index (χ3n) is 3.62. The average molecular weight is 324 g/mol. The van der Waals surface area contributed by atoms with Crippen molar-refractivity contribution in [1.29, 1.82) is 0 Å². The summed E-state index contributed by atoms with van der Waals surface area (Å²) >= 11 is 5.78. The average Bonchev–Trinajstić information content (AvgIpc) is 2.75. The minimum atomic E-state index is -0.603. The summed E-state index contributed by atoms with van der Waals surface area (Å²) in [5, 5.41) is 3.36. The Morgan fingerprint density at radius 3 is 2.55 bits per heavy atom. The molecule has 4 amide bonds. The number of carbonyl (C=O) groups excluding carboxylic acids is 3. The molecule has 2 saturated heterocycles. The van der Waals surface area contributed by atoms with Crippen molar-refractivity contribution in [2.45, 2.75) is 0 Å². The Morgan fingerprint density at radius 2 is 1.95 bits per heavy atom. The van der Waals surface area contributed by atoms with Crippen molar-refractivity contribution in [3.63, 3.8) is 0 Å². The number of imide groups is 1. The smallest absolute Gasteiger partial charge is 0.417 e. The minimum absolute atomic E-state index is 0.0885. The lowest BCUT2D eigenvalue weighted by Crippen LogP contribution is -2.55. The summed E-state index contributed by atoms with van der Waals surface area (Å²) in [4.78, 5) is 37.5. The van der Waals surface area contributed by atoms with Crippen LogP contribution in [0, 0.1) is 5.92 Å². The number of carbonyl (C=O) groups is 3. The first-order valence-electron chi connectivity index (χ1n) is 6.81. The van der Waals surface area contributed by atoms with E-state index in [9.17, 15) is 14.4 Å². The molecule has 22 heavy (non-hydrogen) atoms. The predicted octanol–water partition coefficient (Wildman–Crippen LogP) is 1.78. The van der Waals surface area contributed by atoms with E-state index in [1.165, 1.54) is 0 Å². The van der Waals surface area contributed by atoms with E-state index in [2.05, 4.69) is 10.1 Å². The van der Waals surface area contributed by atoms with Crippen molar-refractivity contribution >= 4 is 35.3 Å². The lowest BCUT2D eigenvalue weighted by molar-refractivity contribution is -0.126. The molecule has 0 radical (unpaired) electrons. The molecule has 0 aliphatic carbocycles. The maximum absolute atomic E-state index is 12.0. The number of anilines is 1. The summed E-state index contributed by atoms with van der Waals surface area (Å²) in [5.41, 5.74) is 0.663. The largest absolute Gasteiger partial charge is 0.439 e. The number of cyclic esters (lactones) is 1. The lowest BCUT2D eigenvalue weighted by atomic mass is 10.0. The quantitative estimate of drug-likeness (QED) is 0.919. The molecule has 0 aromatic heterocycles.